The Kier molecular flexibility index (Phi) is 5.63. The second-order valence-electron chi connectivity index (χ2n) is 5.41. The third-order valence-corrected chi connectivity index (χ3v) is 5.09. The highest BCUT2D eigenvalue weighted by Gasteiger charge is 2.10. The first-order chi connectivity index (χ1) is 12.1. The molecule has 3 rings (SSSR count). The molecule has 4 nitrogen and oxygen atoms in total. The minimum atomic E-state index is -0.318. The monoisotopic (exact) mass is 378 g/mol. The first kappa shape index (κ1) is 17.8. The molecule has 2 aromatic carbocycles. The van der Waals surface area contributed by atoms with Gasteiger partial charge in [-0.15, -0.1) is 0 Å². The first-order valence-corrected chi connectivity index (χ1v) is 8.86. The molecule has 7 heteroatoms. The van der Waals surface area contributed by atoms with Gasteiger partial charge >= 0.3 is 0 Å². The third kappa shape index (κ3) is 4.15. The van der Waals surface area contributed by atoms with E-state index in [0.29, 0.717) is 23.0 Å². The minimum Gasteiger partial charge on any atom is -0.383 e. The maximum atomic E-state index is 13.5. The van der Waals surface area contributed by atoms with Crippen LogP contribution in [-0.4, -0.2) is 24.2 Å². The standard InChI is InChI=1S/C18H16ClFN2O2S/c1-24-9-8-22-15-7-6-13(20)11-16(15)25-18(22)21-17(23)10-12-4-2-3-5-14(12)19/h2-7,11H,8-10H2,1H3. The lowest BCUT2D eigenvalue weighted by Gasteiger charge is -2.04. The molecule has 0 aliphatic carbocycles. The number of methoxy groups -OCH3 is 1. The topological polar surface area (TPSA) is 43.6 Å². The van der Waals surface area contributed by atoms with E-state index in [9.17, 15) is 9.18 Å². The van der Waals surface area contributed by atoms with Gasteiger partial charge < -0.3 is 9.30 Å². The lowest BCUT2D eigenvalue weighted by atomic mass is 10.1. The molecule has 0 fully saturated rings. The van der Waals surface area contributed by atoms with E-state index in [2.05, 4.69) is 4.99 Å². The summed E-state index contributed by atoms with van der Waals surface area (Å²) in [5.74, 6) is -0.618. The van der Waals surface area contributed by atoms with E-state index in [-0.39, 0.29) is 18.1 Å². The Morgan fingerprint density at radius 2 is 2.12 bits per heavy atom. The second-order valence-corrected chi connectivity index (χ2v) is 6.83. The Labute approximate surface area is 153 Å². The number of nitrogens with zero attached hydrogens (tertiary/aromatic N) is 2. The summed E-state index contributed by atoms with van der Waals surface area (Å²) < 4.78 is 21.2. The van der Waals surface area contributed by atoms with E-state index in [0.717, 1.165) is 15.8 Å². The van der Waals surface area contributed by atoms with Crippen LogP contribution in [0.5, 0.6) is 0 Å². The Hall–Kier alpha value is -2.02. The van der Waals surface area contributed by atoms with E-state index >= 15 is 0 Å². The van der Waals surface area contributed by atoms with E-state index < -0.39 is 0 Å². The predicted molar refractivity (Wildman–Crippen MR) is 97.4 cm³/mol. The zero-order chi connectivity index (χ0) is 17.8. The van der Waals surface area contributed by atoms with Gasteiger partial charge in [0.15, 0.2) is 4.80 Å². The van der Waals surface area contributed by atoms with Gasteiger partial charge in [-0.1, -0.05) is 41.1 Å². The van der Waals surface area contributed by atoms with Gasteiger partial charge in [0.05, 0.1) is 23.2 Å². The Balaban J connectivity index is 1.99. The van der Waals surface area contributed by atoms with Crippen molar-refractivity contribution in [1.29, 1.82) is 0 Å². The van der Waals surface area contributed by atoms with Gasteiger partial charge in [-0.2, -0.15) is 4.99 Å². The lowest BCUT2D eigenvalue weighted by Crippen LogP contribution is -2.19. The molecule has 0 aliphatic heterocycles. The summed E-state index contributed by atoms with van der Waals surface area (Å²) in [5.41, 5.74) is 1.56. The van der Waals surface area contributed by atoms with Crippen molar-refractivity contribution in [2.45, 2.75) is 13.0 Å². The smallest absolute Gasteiger partial charge is 0.252 e. The molecule has 0 saturated carbocycles. The number of halogens is 2. The summed E-state index contributed by atoms with van der Waals surface area (Å²) in [5, 5.41) is 0.539. The van der Waals surface area contributed by atoms with Crippen LogP contribution in [0.4, 0.5) is 4.39 Å². The van der Waals surface area contributed by atoms with Crippen molar-refractivity contribution in [2.24, 2.45) is 4.99 Å². The van der Waals surface area contributed by atoms with Gasteiger partial charge in [-0.05, 0) is 29.8 Å². The molecule has 0 spiro atoms. The normalized spacial score (nSPS) is 12.0. The summed E-state index contributed by atoms with van der Waals surface area (Å²) in [6, 6.07) is 11.7. The molecule has 0 atom stereocenters. The molecule has 1 aromatic heterocycles. The molecule has 0 aliphatic rings. The van der Waals surface area contributed by atoms with Crippen LogP contribution in [0.2, 0.25) is 5.02 Å². The quantitative estimate of drug-likeness (QED) is 0.677. The number of carbonyl (C=O) groups excluding carboxylic acids is 1. The number of amides is 1. The number of ether oxygens (including phenoxy) is 1. The molecule has 0 N–H and O–H groups in total. The Morgan fingerprint density at radius 1 is 1.32 bits per heavy atom. The maximum Gasteiger partial charge on any atom is 0.252 e. The number of aromatic nitrogens is 1. The molecule has 1 heterocycles. The number of hydrogen-bond acceptors (Lipinski definition) is 3. The van der Waals surface area contributed by atoms with Crippen LogP contribution in [-0.2, 0) is 22.5 Å². The second kappa shape index (κ2) is 7.91. The highest BCUT2D eigenvalue weighted by molar-refractivity contribution is 7.16. The van der Waals surface area contributed by atoms with Gasteiger partial charge in [0.25, 0.3) is 5.91 Å². The SMILES string of the molecule is COCCn1c(=NC(=O)Cc2ccccc2Cl)sc2cc(F)ccc21. The van der Waals surface area contributed by atoms with Crippen LogP contribution in [0.3, 0.4) is 0 Å². The number of carbonyl (C=O) groups is 1. The van der Waals surface area contributed by atoms with Crippen molar-refractivity contribution in [3.63, 3.8) is 0 Å². The van der Waals surface area contributed by atoms with Gasteiger partial charge in [0.2, 0.25) is 0 Å². The molecule has 1 amide bonds. The summed E-state index contributed by atoms with van der Waals surface area (Å²) in [6.07, 6.45) is 0.118. The van der Waals surface area contributed by atoms with E-state index in [1.165, 1.54) is 23.5 Å². The van der Waals surface area contributed by atoms with E-state index in [1.54, 1.807) is 25.3 Å². The molecule has 0 unspecified atom stereocenters. The Morgan fingerprint density at radius 3 is 2.88 bits per heavy atom. The van der Waals surface area contributed by atoms with Crippen molar-refractivity contribution in [1.82, 2.24) is 4.57 Å². The number of fused-ring (bicyclic) bond motifs is 1. The minimum absolute atomic E-state index is 0.118. The van der Waals surface area contributed by atoms with Crippen LogP contribution < -0.4 is 4.80 Å². The fraction of sp³-hybridized carbons (Fsp3) is 0.222. The van der Waals surface area contributed by atoms with Crippen molar-refractivity contribution in [3.8, 4) is 0 Å². The number of hydrogen-bond donors (Lipinski definition) is 0. The number of rotatable bonds is 5. The van der Waals surface area contributed by atoms with Gasteiger partial charge in [0.1, 0.15) is 5.82 Å². The summed E-state index contributed by atoms with van der Waals surface area (Å²) >= 11 is 7.38. The highest BCUT2D eigenvalue weighted by atomic mass is 35.5. The molecule has 130 valence electrons. The molecule has 3 aromatic rings. The molecule has 0 saturated heterocycles. The van der Waals surface area contributed by atoms with Crippen molar-refractivity contribution in [2.75, 3.05) is 13.7 Å². The molecule has 0 bridgehead atoms. The average molecular weight is 379 g/mol. The first-order valence-electron chi connectivity index (χ1n) is 7.67. The van der Waals surface area contributed by atoms with Crippen LogP contribution in [0, 0.1) is 5.82 Å². The van der Waals surface area contributed by atoms with Crippen LogP contribution in [0.1, 0.15) is 5.56 Å². The van der Waals surface area contributed by atoms with Crippen molar-refractivity contribution >= 4 is 39.1 Å². The van der Waals surface area contributed by atoms with Crippen LogP contribution >= 0.6 is 22.9 Å². The molecule has 0 radical (unpaired) electrons. The lowest BCUT2D eigenvalue weighted by molar-refractivity contribution is -0.117. The van der Waals surface area contributed by atoms with Gasteiger partial charge in [0, 0.05) is 18.7 Å². The Bertz CT molecular complexity index is 981. The zero-order valence-electron chi connectivity index (χ0n) is 13.5. The highest BCUT2D eigenvalue weighted by Crippen LogP contribution is 2.19. The van der Waals surface area contributed by atoms with Crippen molar-refractivity contribution < 1.29 is 13.9 Å². The molecule has 25 heavy (non-hydrogen) atoms. The average Bonchev–Trinajstić information content (AvgIpc) is 2.91. The fourth-order valence-corrected chi connectivity index (χ4v) is 3.78. The summed E-state index contributed by atoms with van der Waals surface area (Å²) in [6.45, 7) is 0.995. The predicted octanol–water partition coefficient (Wildman–Crippen LogP) is 3.81. The largest absolute Gasteiger partial charge is 0.383 e. The number of benzene rings is 2. The molecular formula is C18H16ClFN2O2S. The third-order valence-electron chi connectivity index (χ3n) is 3.68. The van der Waals surface area contributed by atoms with Gasteiger partial charge in [-0.3, -0.25) is 4.79 Å². The number of thiazole rings is 1. The van der Waals surface area contributed by atoms with Crippen molar-refractivity contribution in [3.05, 3.63) is 63.7 Å². The van der Waals surface area contributed by atoms with Crippen LogP contribution in [0.25, 0.3) is 10.2 Å². The van der Waals surface area contributed by atoms with E-state index in [1.807, 2.05) is 16.7 Å². The van der Waals surface area contributed by atoms with Crippen LogP contribution in [0.15, 0.2) is 47.5 Å². The molecular weight excluding hydrogens is 363 g/mol. The zero-order valence-corrected chi connectivity index (χ0v) is 15.1. The van der Waals surface area contributed by atoms with Gasteiger partial charge in [-0.25, -0.2) is 4.39 Å². The summed E-state index contributed by atoms with van der Waals surface area (Å²) in [4.78, 5) is 17.1. The summed E-state index contributed by atoms with van der Waals surface area (Å²) in [7, 11) is 1.61. The maximum absolute atomic E-state index is 13.5. The van der Waals surface area contributed by atoms with E-state index in [4.69, 9.17) is 16.3 Å². The fourth-order valence-electron chi connectivity index (χ4n) is 2.48.